The third-order valence-electron chi connectivity index (χ3n) is 7.00. The third-order valence-corrected chi connectivity index (χ3v) is 7.88. The Hall–Kier alpha value is -2.02. The zero-order valence-electron chi connectivity index (χ0n) is 19.7. The average molecular weight is 454 g/mol. The summed E-state index contributed by atoms with van der Waals surface area (Å²) in [6.45, 7) is 9.10. The molecule has 5 nitrogen and oxygen atoms in total. The van der Waals surface area contributed by atoms with Gasteiger partial charge in [-0.15, -0.1) is 0 Å². The van der Waals surface area contributed by atoms with E-state index in [1.807, 2.05) is 16.8 Å². The number of hydrogen-bond donors (Lipinski definition) is 0. The number of carbonyl (C=O) groups is 1. The van der Waals surface area contributed by atoms with Crippen LogP contribution in [0.25, 0.3) is 0 Å². The number of methoxy groups -OCH3 is 1. The van der Waals surface area contributed by atoms with Gasteiger partial charge in [-0.05, 0) is 62.3 Å². The molecule has 0 N–H and O–H groups in total. The molecule has 4 rings (SSSR count). The smallest absolute Gasteiger partial charge is 0.230 e. The summed E-state index contributed by atoms with van der Waals surface area (Å²) in [5.41, 5.74) is 4.35. The average Bonchev–Trinajstić information content (AvgIpc) is 3.19. The molecule has 2 aromatic rings. The predicted octanol–water partition coefficient (Wildman–Crippen LogP) is 4.56. The van der Waals surface area contributed by atoms with Crippen molar-refractivity contribution < 1.29 is 9.53 Å². The fourth-order valence-electron chi connectivity index (χ4n) is 4.71. The Morgan fingerprint density at radius 3 is 2.34 bits per heavy atom. The maximum atomic E-state index is 13.3. The van der Waals surface area contributed by atoms with Crippen LogP contribution in [0, 0.1) is 5.92 Å². The van der Waals surface area contributed by atoms with Crippen LogP contribution in [0.15, 0.2) is 48.5 Å². The number of benzene rings is 2. The lowest BCUT2D eigenvalue weighted by molar-refractivity contribution is -0.120. The number of anilines is 2. The summed E-state index contributed by atoms with van der Waals surface area (Å²) >= 11 is 1.82. The second-order valence-corrected chi connectivity index (χ2v) is 10.0. The highest BCUT2D eigenvalue weighted by Gasteiger charge is 2.33. The van der Waals surface area contributed by atoms with Crippen LogP contribution in [0.5, 0.6) is 0 Å². The molecule has 2 fully saturated rings. The number of hydrogen-bond acceptors (Lipinski definition) is 5. The summed E-state index contributed by atoms with van der Waals surface area (Å²) in [7, 11) is 1.73. The van der Waals surface area contributed by atoms with Crippen LogP contribution in [-0.4, -0.2) is 56.3 Å². The van der Waals surface area contributed by atoms with E-state index in [4.69, 9.17) is 4.74 Å². The lowest BCUT2D eigenvalue weighted by Gasteiger charge is -2.36. The lowest BCUT2D eigenvalue weighted by atomic mass is 9.96. The molecule has 2 saturated heterocycles. The predicted molar refractivity (Wildman–Crippen MR) is 134 cm³/mol. The standard InChI is InChI=1S/C26H35N3O2S/c1-26(2,31-3)22-9-11-23(12-10-22)29-14-13-21(25(29)30)19-20-7-5-6-8-24(20)27-15-17-28(32-4)18-16-27/h5-12,21H,13-19H2,1-4H3/t21-/m1/s1. The van der Waals surface area contributed by atoms with Gasteiger partial charge in [0, 0.05) is 57.1 Å². The van der Waals surface area contributed by atoms with E-state index in [1.54, 1.807) is 7.11 Å². The Bertz CT molecular complexity index is 923. The molecule has 32 heavy (non-hydrogen) atoms. The number of nitrogens with zero attached hydrogens (tertiary/aromatic N) is 3. The van der Waals surface area contributed by atoms with Crippen molar-refractivity contribution in [2.45, 2.75) is 32.3 Å². The maximum absolute atomic E-state index is 13.3. The highest BCUT2D eigenvalue weighted by Crippen LogP contribution is 2.33. The van der Waals surface area contributed by atoms with E-state index in [1.165, 1.54) is 11.3 Å². The van der Waals surface area contributed by atoms with Crippen LogP contribution in [0.2, 0.25) is 0 Å². The first kappa shape index (κ1) is 23.1. The van der Waals surface area contributed by atoms with Crippen molar-refractivity contribution in [2.24, 2.45) is 5.92 Å². The van der Waals surface area contributed by atoms with E-state index in [-0.39, 0.29) is 17.4 Å². The van der Waals surface area contributed by atoms with E-state index in [0.29, 0.717) is 0 Å². The number of amides is 1. The minimum Gasteiger partial charge on any atom is -0.374 e. The summed E-state index contributed by atoms with van der Waals surface area (Å²) < 4.78 is 7.99. The Morgan fingerprint density at radius 1 is 1.00 bits per heavy atom. The van der Waals surface area contributed by atoms with E-state index >= 15 is 0 Å². The fourth-order valence-corrected chi connectivity index (χ4v) is 5.24. The van der Waals surface area contributed by atoms with Crippen molar-refractivity contribution in [2.75, 3.05) is 55.9 Å². The van der Waals surface area contributed by atoms with Crippen LogP contribution in [-0.2, 0) is 21.6 Å². The zero-order valence-corrected chi connectivity index (χ0v) is 20.5. The Labute approximate surface area is 196 Å². The summed E-state index contributed by atoms with van der Waals surface area (Å²) in [4.78, 5) is 17.7. The van der Waals surface area contributed by atoms with Gasteiger partial charge in [0.2, 0.25) is 5.91 Å². The van der Waals surface area contributed by atoms with Crippen LogP contribution >= 0.6 is 11.9 Å². The molecule has 0 aliphatic carbocycles. The van der Waals surface area contributed by atoms with E-state index in [2.05, 4.69) is 77.8 Å². The first-order valence-electron chi connectivity index (χ1n) is 11.5. The molecule has 1 amide bonds. The number of rotatable bonds is 7. The van der Waals surface area contributed by atoms with Gasteiger partial charge in [-0.2, -0.15) is 0 Å². The summed E-state index contributed by atoms with van der Waals surface area (Å²) in [5, 5.41) is 0. The van der Waals surface area contributed by atoms with Crippen molar-refractivity contribution in [1.29, 1.82) is 0 Å². The minimum absolute atomic E-state index is 0.0405. The third kappa shape index (κ3) is 4.82. The molecule has 2 aromatic carbocycles. The Balaban J connectivity index is 1.44. The SMILES string of the molecule is COC(C)(C)c1ccc(N2CC[C@H](Cc3ccccc3N3CCN(SC)CC3)C2=O)cc1. The van der Waals surface area contributed by atoms with Crippen LogP contribution < -0.4 is 9.80 Å². The van der Waals surface area contributed by atoms with Crippen LogP contribution in [0.3, 0.4) is 0 Å². The van der Waals surface area contributed by atoms with Crippen molar-refractivity contribution in [1.82, 2.24) is 4.31 Å². The highest BCUT2D eigenvalue weighted by atomic mass is 32.2. The van der Waals surface area contributed by atoms with E-state index < -0.39 is 0 Å². The quantitative estimate of drug-likeness (QED) is 0.574. The lowest BCUT2D eigenvalue weighted by Crippen LogP contribution is -2.43. The molecule has 0 bridgehead atoms. The molecule has 0 saturated carbocycles. The van der Waals surface area contributed by atoms with Gasteiger partial charge in [0.05, 0.1) is 5.60 Å². The summed E-state index contributed by atoms with van der Waals surface area (Å²) in [6, 6.07) is 16.9. The molecule has 2 heterocycles. The molecule has 1 atom stereocenters. The normalized spacial score (nSPS) is 20.2. The monoisotopic (exact) mass is 453 g/mol. The zero-order chi connectivity index (χ0) is 22.7. The second kappa shape index (κ2) is 9.86. The molecule has 172 valence electrons. The molecule has 0 aromatic heterocycles. The number of para-hydroxylation sites is 1. The van der Waals surface area contributed by atoms with Gasteiger partial charge in [0.15, 0.2) is 0 Å². The van der Waals surface area contributed by atoms with Gasteiger partial charge in [0.1, 0.15) is 0 Å². The van der Waals surface area contributed by atoms with Crippen molar-refractivity contribution >= 4 is 29.2 Å². The Morgan fingerprint density at radius 2 is 1.69 bits per heavy atom. The van der Waals surface area contributed by atoms with Gasteiger partial charge in [-0.3, -0.25) is 4.79 Å². The molecule has 0 spiro atoms. The van der Waals surface area contributed by atoms with Gasteiger partial charge in [0.25, 0.3) is 0 Å². The largest absolute Gasteiger partial charge is 0.374 e. The molecule has 0 unspecified atom stereocenters. The van der Waals surface area contributed by atoms with E-state index in [9.17, 15) is 4.79 Å². The van der Waals surface area contributed by atoms with Gasteiger partial charge < -0.3 is 14.5 Å². The summed E-state index contributed by atoms with van der Waals surface area (Å²) in [6.07, 6.45) is 3.86. The number of ether oxygens (including phenoxy) is 1. The van der Waals surface area contributed by atoms with E-state index in [0.717, 1.165) is 56.8 Å². The molecular weight excluding hydrogens is 418 g/mol. The molecule has 6 heteroatoms. The number of carbonyl (C=O) groups excluding carboxylic acids is 1. The minimum atomic E-state index is -0.332. The van der Waals surface area contributed by atoms with Crippen molar-refractivity contribution in [3.05, 3.63) is 59.7 Å². The van der Waals surface area contributed by atoms with Crippen molar-refractivity contribution in [3.63, 3.8) is 0 Å². The van der Waals surface area contributed by atoms with Gasteiger partial charge >= 0.3 is 0 Å². The number of piperazine rings is 1. The molecule has 2 aliphatic rings. The van der Waals surface area contributed by atoms with Gasteiger partial charge in [-0.25, -0.2) is 4.31 Å². The fraction of sp³-hybridized carbons (Fsp3) is 0.500. The second-order valence-electron chi connectivity index (χ2n) is 9.17. The highest BCUT2D eigenvalue weighted by molar-refractivity contribution is 7.96. The van der Waals surface area contributed by atoms with Crippen molar-refractivity contribution in [3.8, 4) is 0 Å². The van der Waals surface area contributed by atoms with Crippen LogP contribution in [0.4, 0.5) is 11.4 Å². The van der Waals surface area contributed by atoms with Crippen LogP contribution in [0.1, 0.15) is 31.4 Å². The molecule has 2 aliphatic heterocycles. The topological polar surface area (TPSA) is 36.0 Å². The molecular formula is C26H35N3O2S. The first-order valence-corrected chi connectivity index (χ1v) is 12.7. The van der Waals surface area contributed by atoms with Gasteiger partial charge in [-0.1, -0.05) is 42.3 Å². The maximum Gasteiger partial charge on any atom is 0.230 e. The Kier molecular flexibility index (Phi) is 7.13. The first-order chi connectivity index (χ1) is 15.4. The summed E-state index contributed by atoms with van der Waals surface area (Å²) in [5.74, 6) is 0.282. The molecule has 0 radical (unpaired) electrons.